The van der Waals surface area contributed by atoms with Gasteiger partial charge in [0.05, 0.1) is 19.8 Å². The van der Waals surface area contributed by atoms with Gasteiger partial charge >= 0.3 is 19.8 Å². The van der Waals surface area contributed by atoms with Crippen LogP contribution in [0, 0.1) is 0 Å². The van der Waals surface area contributed by atoms with Crippen LogP contribution in [0.5, 0.6) is 0 Å². The summed E-state index contributed by atoms with van der Waals surface area (Å²) in [5.74, 6) is -0.999. The summed E-state index contributed by atoms with van der Waals surface area (Å²) in [4.78, 5) is 34.9. The molecule has 0 saturated heterocycles. The zero-order valence-corrected chi connectivity index (χ0v) is 34.1. The van der Waals surface area contributed by atoms with E-state index in [-0.39, 0.29) is 19.4 Å². The normalized spacial score (nSPS) is 14.4. The summed E-state index contributed by atoms with van der Waals surface area (Å²) in [5, 5.41) is 18.3. The summed E-state index contributed by atoms with van der Waals surface area (Å²) in [6.07, 6.45) is 39.4. The molecule has 0 aliphatic heterocycles. The summed E-state index contributed by atoms with van der Waals surface area (Å²) in [5.41, 5.74) is 0. The summed E-state index contributed by atoms with van der Waals surface area (Å²) in [7, 11) is -4.63. The first-order valence-corrected chi connectivity index (χ1v) is 22.1. The van der Waals surface area contributed by atoms with Crippen molar-refractivity contribution < 1.29 is 47.8 Å². The van der Waals surface area contributed by atoms with Gasteiger partial charge in [-0.15, -0.1) is 0 Å². The lowest BCUT2D eigenvalue weighted by Gasteiger charge is -2.20. The number of allylic oxidation sites excluding steroid dienone is 8. The maximum absolute atomic E-state index is 12.6. The van der Waals surface area contributed by atoms with E-state index in [4.69, 9.17) is 19.1 Å². The van der Waals surface area contributed by atoms with Crippen LogP contribution in [0.1, 0.15) is 168 Å². The molecule has 11 heteroatoms. The van der Waals surface area contributed by atoms with Gasteiger partial charge in [-0.05, 0) is 70.6 Å². The average Bonchev–Trinajstić information content (AvgIpc) is 3.14. The highest BCUT2D eigenvalue weighted by Gasteiger charge is 2.27. The Morgan fingerprint density at radius 1 is 0.566 bits per heavy atom. The number of aliphatic hydroxyl groups is 2. The van der Waals surface area contributed by atoms with E-state index >= 15 is 0 Å². The Bertz CT molecular complexity index is 1030. The van der Waals surface area contributed by atoms with Crippen molar-refractivity contribution in [1.82, 2.24) is 0 Å². The molecule has 0 fully saturated rings. The molecule has 0 radical (unpaired) electrons. The molecule has 1 unspecified atom stereocenters. The van der Waals surface area contributed by atoms with Crippen molar-refractivity contribution >= 4 is 19.8 Å². The Labute approximate surface area is 322 Å². The van der Waals surface area contributed by atoms with Gasteiger partial charge in [0.2, 0.25) is 0 Å². The standard InChI is InChI=1S/C42H75O10P/c1-3-5-7-9-11-13-15-17-18-19-20-22-24-26-28-30-32-34-42(46)52-40(38-51-53(47,48)50-36-39(44)35-43)37-49-41(45)33-31-29-27-25-23-21-16-14-12-10-8-6-4-2/h14,16-18,20,22,26,28,39-40,43-44H,3-13,15,19,21,23-25,27,29-38H2,1-2H3,(H,47,48)/t39-,40+/m0/s1. The number of ether oxygens (including phenoxy) is 2. The molecule has 0 rings (SSSR count). The van der Waals surface area contributed by atoms with Crippen LogP contribution in [0.4, 0.5) is 0 Å². The SMILES string of the molecule is CCCCCCC=CCCCCCCCC(=O)OC[C@H](COP(=O)(O)OC[C@@H](O)CO)OC(=O)CCCC=CCC=CCC=CCCCCCCCC. The Balaban J connectivity index is 4.44. The van der Waals surface area contributed by atoms with E-state index in [0.717, 1.165) is 57.8 Å². The van der Waals surface area contributed by atoms with Gasteiger partial charge in [-0.25, -0.2) is 4.57 Å². The zero-order chi connectivity index (χ0) is 39.1. The van der Waals surface area contributed by atoms with Gasteiger partial charge in [0, 0.05) is 12.8 Å². The predicted octanol–water partition coefficient (Wildman–Crippen LogP) is 10.6. The second-order valence-corrected chi connectivity index (χ2v) is 15.1. The lowest BCUT2D eigenvalue weighted by molar-refractivity contribution is -0.161. The van der Waals surface area contributed by atoms with Crippen LogP contribution < -0.4 is 0 Å². The lowest BCUT2D eigenvalue weighted by Crippen LogP contribution is -2.29. The van der Waals surface area contributed by atoms with Crippen LogP contribution in [0.15, 0.2) is 48.6 Å². The second-order valence-electron chi connectivity index (χ2n) is 13.7. The first kappa shape index (κ1) is 50.9. The van der Waals surface area contributed by atoms with E-state index in [2.05, 4.69) is 60.9 Å². The number of esters is 2. The van der Waals surface area contributed by atoms with Crippen molar-refractivity contribution in [3.05, 3.63) is 48.6 Å². The Kier molecular flexibility index (Phi) is 36.7. The van der Waals surface area contributed by atoms with Crippen molar-refractivity contribution in [2.75, 3.05) is 26.4 Å². The van der Waals surface area contributed by atoms with Crippen LogP contribution in [-0.2, 0) is 32.7 Å². The topological polar surface area (TPSA) is 149 Å². The minimum Gasteiger partial charge on any atom is -0.462 e. The van der Waals surface area contributed by atoms with Gasteiger partial charge < -0.3 is 24.6 Å². The molecule has 0 aliphatic carbocycles. The first-order chi connectivity index (χ1) is 25.7. The summed E-state index contributed by atoms with van der Waals surface area (Å²) in [6, 6.07) is 0. The molecule has 0 aromatic rings. The molecule has 10 nitrogen and oxygen atoms in total. The number of carbonyl (C=O) groups excluding carboxylic acids is 2. The molecule has 0 aliphatic rings. The summed E-state index contributed by atoms with van der Waals surface area (Å²) < 4.78 is 32.6. The molecule has 0 spiro atoms. The number of carbonyl (C=O) groups is 2. The fraction of sp³-hybridized carbons (Fsp3) is 0.762. The minimum absolute atomic E-state index is 0.110. The van der Waals surface area contributed by atoms with E-state index in [1.807, 2.05) is 6.08 Å². The van der Waals surface area contributed by atoms with Crippen molar-refractivity contribution in [3.8, 4) is 0 Å². The molecule has 0 aromatic heterocycles. The van der Waals surface area contributed by atoms with E-state index in [1.54, 1.807) is 0 Å². The number of hydrogen-bond acceptors (Lipinski definition) is 9. The molecule has 308 valence electrons. The van der Waals surface area contributed by atoms with Crippen molar-refractivity contribution in [2.45, 2.75) is 180 Å². The third-order valence-electron chi connectivity index (χ3n) is 8.46. The summed E-state index contributed by atoms with van der Waals surface area (Å²) >= 11 is 0. The van der Waals surface area contributed by atoms with Crippen molar-refractivity contribution in [1.29, 1.82) is 0 Å². The minimum atomic E-state index is -4.63. The number of hydrogen-bond donors (Lipinski definition) is 3. The van der Waals surface area contributed by atoms with Gasteiger partial charge in [-0.3, -0.25) is 18.6 Å². The summed E-state index contributed by atoms with van der Waals surface area (Å²) in [6.45, 7) is 2.28. The fourth-order valence-electron chi connectivity index (χ4n) is 5.24. The van der Waals surface area contributed by atoms with Crippen molar-refractivity contribution in [2.24, 2.45) is 0 Å². The lowest BCUT2D eigenvalue weighted by atomic mass is 10.1. The molecule has 0 aromatic carbocycles. The molecule has 3 atom stereocenters. The number of aliphatic hydroxyl groups excluding tert-OH is 2. The quantitative estimate of drug-likeness (QED) is 0.0240. The smallest absolute Gasteiger partial charge is 0.462 e. The Hall–Kier alpha value is -2.07. The number of rotatable bonds is 38. The number of phosphoric ester groups is 1. The van der Waals surface area contributed by atoms with E-state index in [1.165, 1.54) is 64.2 Å². The fourth-order valence-corrected chi connectivity index (χ4v) is 6.03. The maximum Gasteiger partial charge on any atom is 0.472 e. The third kappa shape index (κ3) is 38.0. The Morgan fingerprint density at radius 3 is 1.57 bits per heavy atom. The average molecular weight is 771 g/mol. The molecule has 0 heterocycles. The zero-order valence-electron chi connectivity index (χ0n) is 33.2. The molecular weight excluding hydrogens is 695 g/mol. The maximum atomic E-state index is 12.6. The van der Waals surface area contributed by atoms with Crippen LogP contribution in [0.25, 0.3) is 0 Å². The number of unbranched alkanes of at least 4 members (excludes halogenated alkanes) is 16. The van der Waals surface area contributed by atoms with Gasteiger partial charge in [-0.2, -0.15) is 0 Å². The van der Waals surface area contributed by atoms with Crippen LogP contribution in [0.3, 0.4) is 0 Å². The van der Waals surface area contributed by atoms with E-state index < -0.39 is 51.8 Å². The molecular formula is C42H75O10P. The van der Waals surface area contributed by atoms with Gasteiger partial charge in [0.1, 0.15) is 12.7 Å². The molecule has 53 heavy (non-hydrogen) atoms. The van der Waals surface area contributed by atoms with E-state index in [9.17, 15) is 24.2 Å². The second kappa shape index (κ2) is 38.2. The first-order valence-electron chi connectivity index (χ1n) is 20.6. The van der Waals surface area contributed by atoms with Crippen LogP contribution in [-0.4, -0.2) is 65.7 Å². The third-order valence-corrected chi connectivity index (χ3v) is 9.41. The highest BCUT2D eigenvalue weighted by molar-refractivity contribution is 7.47. The molecule has 0 amide bonds. The highest BCUT2D eigenvalue weighted by Crippen LogP contribution is 2.43. The largest absolute Gasteiger partial charge is 0.472 e. The monoisotopic (exact) mass is 771 g/mol. The number of phosphoric acid groups is 1. The molecule has 0 bridgehead atoms. The van der Waals surface area contributed by atoms with E-state index in [0.29, 0.717) is 19.3 Å². The van der Waals surface area contributed by atoms with Gasteiger partial charge in [-0.1, -0.05) is 133 Å². The molecule has 3 N–H and O–H groups in total. The van der Waals surface area contributed by atoms with Crippen LogP contribution in [0.2, 0.25) is 0 Å². The van der Waals surface area contributed by atoms with Gasteiger partial charge in [0.15, 0.2) is 6.10 Å². The van der Waals surface area contributed by atoms with Crippen LogP contribution >= 0.6 is 7.82 Å². The Morgan fingerprint density at radius 2 is 1.00 bits per heavy atom. The van der Waals surface area contributed by atoms with Crippen molar-refractivity contribution in [3.63, 3.8) is 0 Å². The van der Waals surface area contributed by atoms with Gasteiger partial charge in [0.25, 0.3) is 0 Å². The predicted molar refractivity (Wildman–Crippen MR) is 214 cm³/mol. The molecule has 0 saturated carbocycles. The highest BCUT2D eigenvalue weighted by atomic mass is 31.2.